The van der Waals surface area contributed by atoms with Crippen LogP contribution < -0.4 is 22.5 Å². The van der Waals surface area contributed by atoms with Crippen LogP contribution in [0.5, 0.6) is 0 Å². The van der Waals surface area contributed by atoms with Crippen LogP contribution in [0.1, 0.15) is 21.5 Å². The summed E-state index contributed by atoms with van der Waals surface area (Å²) >= 11 is 3.42. The van der Waals surface area contributed by atoms with Gasteiger partial charge in [0.15, 0.2) is 18.2 Å². The molecule has 0 radical (unpaired) electrons. The fourth-order valence-corrected chi connectivity index (χ4v) is 4.33. The molecule has 0 amide bonds. The van der Waals surface area contributed by atoms with E-state index in [0.29, 0.717) is 22.3 Å². The molecule has 1 aliphatic carbocycles. The third kappa shape index (κ3) is 2.47. The lowest BCUT2D eigenvalue weighted by atomic mass is 9.82. The van der Waals surface area contributed by atoms with E-state index in [1.165, 1.54) is 3.59 Å². The number of hydrogen-bond donors (Lipinski definition) is 0. The molecule has 0 unspecified atom stereocenters. The summed E-state index contributed by atoms with van der Waals surface area (Å²) < 4.78 is 3.27. The Bertz CT molecular complexity index is 1330. The Morgan fingerprint density at radius 3 is 2.29 bits per heavy atom. The van der Waals surface area contributed by atoms with Gasteiger partial charge in [0.05, 0.1) is 27.2 Å². The van der Waals surface area contributed by atoms with E-state index in [1.807, 2.05) is 78.5 Å². The molecule has 0 saturated carbocycles. The van der Waals surface area contributed by atoms with Crippen molar-refractivity contribution in [2.45, 2.75) is 6.92 Å². The molecule has 0 spiro atoms. The van der Waals surface area contributed by atoms with E-state index < -0.39 is 0 Å². The summed E-state index contributed by atoms with van der Waals surface area (Å²) in [4.78, 5) is 26.5. The Morgan fingerprint density at radius 2 is 1.57 bits per heavy atom. The normalized spacial score (nSPS) is 11.9. The molecule has 5 rings (SSSR count). The molecule has 0 saturated heterocycles. The number of pyridine rings is 2. The van der Waals surface area contributed by atoms with Gasteiger partial charge in [0.25, 0.3) is 5.69 Å². The van der Waals surface area contributed by atoms with E-state index in [4.69, 9.17) is 0 Å². The van der Waals surface area contributed by atoms with Crippen molar-refractivity contribution >= 4 is 32.8 Å². The summed E-state index contributed by atoms with van der Waals surface area (Å²) in [7, 11) is 0. The molecular weight excluding hydrogens is 440 g/mol. The van der Waals surface area contributed by atoms with Gasteiger partial charge in [-0.15, -0.1) is 0 Å². The smallest absolute Gasteiger partial charge is 0.334 e. The van der Waals surface area contributed by atoms with Crippen LogP contribution in [0.3, 0.4) is 0 Å². The molecule has 6 heteroatoms. The van der Waals surface area contributed by atoms with Gasteiger partial charge < -0.3 is 12.4 Å². The number of benzene rings is 2. The number of aromatic nitrogens is 2. The van der Waals surface area contributed by atoms with Crippen LogP contribution in [0.25, 0.3) is 27.7 Å². The van der Waals surface area contributed by atoms with Crippen molar-refractivity contribution in [1.82, 2.24) is 3.59 Å². The SMILES string of the molecule is Cc1cc2c3c(c(-[n+]4ccccc4)c(=O)n(Br)c3c1)-c1ccccc1C2=O.[Cl-]. The summed E-state index contributed by atoms with van der Waals surface area (Å²) in [6.07, 6.45) is 3.69. The molecule has 2 aromatic carbocycles. The van der Waals surface area contributed by atoms with Crippen LogP contribution in [0.15, 0.2) is 71.8 Å². The first-order valence-electron chi connectivity index (χ1n) is 8.58. The molecule has 0 aliphatic heterocycles. The highest BCUT2D eigenvalue weighted by Gasteiger charge is 2.33. The van der Waals surface area contributed by atoms with E-state index >= 15 is 0 Å². The van der Waals surface area contributed by atoms with Gasteiger partial charge in [-0.2, -0.15) is 4.57 Å². The molecule has 1 aliphatic rings. The molecule has 138 valence electrons. The van der Waals surface area contributed by atoms with Crippen LogP contribution >= 0.6 is 16.1 Å². The number of aryl methyl sites for hydroxylation is 1. The second kappa shape index (κ2) is 6.69. The Hall–Kier alpha value is -2.76. The van der Waals surface area contributed by atoms with Gasteiger partial charge in [-0.05, 0) is 24.6 Å². The minimum absolute atomic E-state index is 0. The van der Waals surface area contributed by atoms with E-state index in [-0.39, 0.29) is 23.7 Å². The molecular formula is C22H14BrClN2O2. The van der Waals surface area contributed by atoms with Crippen LogP contribution in [0.4, 0.5) is 0 Å². The number of carbonyl (C=O) groups excluding carboxylic acids is 1. The van der Waals surface area contributed by atoms with Crippen molar-refractivity contribution in [3.05, 3.63) is 94.0 Å². The van der Waals surface area contributed by atoms with Gasteiger partial charge >= 0.3 is 5.56 Å². The second-order valence-corrected chi connectivity index (χ2v) is 7.38. The Labute approximate surface area is 175 Å². The maximum absolute atomic E-state index is 13.3. The zero-order valence-corrected chi connectivity index (χ0v) is 17.2. The monoisotopic (exact) mass is 452 g/mol. The number of ketones is 1. The van der Waals surface area contributed by atoms with Crippen LogP contribution in [0.2, 0.25) is 0 Å². The van der Waals surface area contributed by atoms with Crippen molar-refractivity contribution in [3.8, 4) is 16.8 Å². The first kappa shape index (κ1) is 18.6. The van der Waals surface area contributed by atoms with Crippen molar-refractivity contribution in [2.75, 3.05) is 0 Å². The topological polar surface area (TPSA) is 43.0 Å². The Kier molecular flexibility index (Phi) is 4.44. The highest BCUT2D eigenvalue weighted by molar-refractivity contribution is 9.08. The van der Waals surface area contributed by atoms with Crippen LogP contribution in [-0.2, 0) is 0 Å². The summed E-state index contributed by atoms with van der Waals surface area (Å²) in [6, 6.07) is 17.0. The Morgan fingerprint density at radius 1 is 0.893 bits per heavy atom. The predicted molar refractivity (Wildman–Crippen MR) is 108 cm³/mol. The maximum atomic E-state index is 13.3. The van der Waals surface area contributed by atoms with E-state index in [9.17, 15) is 9.59 Å². The van der Waals surface area contributed by atoms with E-state index in [0.717, 1.165) is 22.1 Å². The van der Waals surface area contributed by atoms with Crippen LogP contribution in [-0.4, -0.2) is 9.38 Å². The molecule has 4 nitrogen and oxygen atoms in total. The number of rotatable bonds is 1. The maximum Gasteiger partial charge on any atom is 0.334 e. The second-order valence-electron chi connectivity index (χ2n) is 6.67. The highest BCUT2D eigenvalue weighted by atomic mass is 79.9. The number of fused-ring (bicyclic) bond motifs is 2. The lowest BCUT2D eigenvalue weighted by Gasteiger charge is -2.21. The van der Waals surface area contributed by atoms with Crippen molar-refractivity contribution in [3.63, 3.8) is 0 Å². The summed E-state index contributed by atoms with van der Waals surface area (Å²) in [5.41, 5.74) is 4.83. The number of halogens is 2. The number of carbonyl (C=O) groups is 1. The molecule has 0 fully saturated rings. The first-order chi connectivity index (χ1) is 13.1. The quantitative estimate of drug-likeness (QED) is 0.355. The molecule has 2 aromatic heterocycles. The lowest BCUT2D eigenvalue weighted by Crippen LogP contribution is -3.00. The number of hydrogen-bond acceptors (Lipinski definition) is 2. The first-order valence-corrected chi connectivity index (χ1v) is 9.29. The van der Waals surface area contributed by atoms with Crippen molar-refractivity contribution in [2.24, 2.45) is 0 Å². The molecule has 2 heterocycles. The largest absolute Gasteiger partial charge is 1.00 e. The van der Waals surface area contributed by atoms with Gasteiger partial charge in [0, 0.05) is 34.2 Å². The number of nitrogens with zero attached hydrogens (tertiary/aromatic N) is 2. The highest BCUT2D eigenvalue weighted by Crippen LogP contribution is 2.41. The predicted octanol–water partition coefficient (Wildman–Crippen LogP) is 0.960. The molecule has 0 N–H and O–H groups in total. The van der Waals surface area contributed by atoms with Gasteiger partial charge in [-0.3, -0.25) is 9.59 Å². The minimum atomic E-state index is -0.172. The molecule has 28 heavy (non-hydrogen) atoms. The third-order valence-corrected chi connectivity index (χ3v) is 5.70. The summed E-state index contributed by atoms with van der Waals surface area (Å²) in [6.45, 7) is 1.93. The van der Waals surface area contributed by atoms with Gasteiger partial charge in [0.1, 0.15) is 0 Å². The fourth-order valence-electron chi connectivity index (χ4n) is 3.89. The molecule has 0 bridgehead atoms. The zero-order chi connectivity index (χ0) is 18.7. The molecule has 0 atom stereocenters. The van der Waals surface area contributed by atoms with Gasteiger partial charge in [-0.25, -0.2) is 3.59 Å². The van der Waals surface area contributed by atoms with E-state index in [1.54, 1.807) is 0 Å². The minimum Gasteiger partial charge on any atom is -1.00 e. The van der Waals surface area contributed by atoms with Gasteiger partial charge in [-0.1, -0.05) is 30.3 Å². The van der Waals surface area contributed by atoms with Crippen molar-refractivity contribution in [1.29, 1.82) is 0 Å². The summed E-state index contributed by atoms with van der Waals surface area (Å²) in [5, 5.41) is 0.798. The fraction of sp³-hybridized carbons (Fsp3) is 0.0455. The zero-order valence-electron chi connectivity index (χ0n) is 14.8. The standard InChI is InChI=1S/C22H14BrN2O2.ClH/c1-13-11-16-18-17(12-13)25(23)22(27)20(24-9-5-2-6-10-24)19(18)14-7-3-4-8-15(14)21(16)26;/h2-12H,1H3;1H/q+1;/p-1. The van der Waals surface area contributed by atoms with Gasteiger partial charge in [0.2, 0.25) is 0 Å². The third-order valence-electron chi connectivity index (χ3n) is 5.00. The van der Waals surface area contributed by atoms with E-state index in [2.05, 4.69) is 16.1 Å². The Balaban J connectivity index is 0.00000192. The summed E-state index contributed by atoms with van der Waals surface area (Å²) in [5.74, 6) is -0.0121. The average Bonchev–Trinajstić information content (AvgIpc) is 2.69. The van der Waals surface area contributed by atoms with Crippen molar-refractivity contribution < 1.29 is 21.8 Å². The lowest BCUT2D eigenvalue weighted by molar-refractivity contribution is -0.596. The van der Waals surface area contributed by atoms with Crippen LogP contribution in [0, 0.1) is 6.92 Å². The molecule has 4 aromatic rings. The average molecular weight is 454 g/mol.